The van der Waals surface area contributed by atoms with Crippen molar-refractivity contribution in [2.24, 2.45) is 0 Å². The molecule has 1 atom stereocenters. The van der Waals surface area contributed by atoms with E-state index in [9.17, 15) is 4.79 Å². The van der Waals surface area contributed by atoms with Gasteiger partial charge >= 0.3 is 0 Å². The van der Waals surface area contributed by atoms with Crippen molar-refractivity contribution >= 4 is 52.2 Å². The number of aromatic nitrogens is 3. The van der Waals surface area contributed by atoms with Crippen LogP contribution in [0, 0.1) is 6.92 Å². The molecule has 0 radical (unpaired) electrons. The maximum absolute atomic E-state index is 12.4. The second-order valence-corrected chi connectivity index (χ2v) is 7.45. The molecule has 0 fully saturated rings. The molecule has 3 aromatic rings. The number of nitrogens with zero attached hydrogens (tertiary/aromatic N) is 3. The van der Waals surface area contributed by atoms with E-state index in [-0.39, 0.29) is 11.2 Å². The highest BCUT2D eigenvalue weighted by atomic mass is 35.5. The van der Waals surface area contributed by atoms with Crippen molar-refractivity contribution in [2.75, 3.05) is 5.32 Å². The summed E-state index contributed by atoms with van der Waals surface area (Å²) in [5.74, 6) is -0.115. The Kier molecular flexibility index (Phi) is 4.99. The van der Waals surface area contributed by atoms with E-state index in [1.807, 2.05) is 38.1 Å². The molecule has 1 amide bonds. The van der Waals surface area contributed by atoms with Gasteiger partial charge in [-0.3, -0.25) is 9.20 Å². The molecule has 0 aliphatic carbocycles. The Morgan fingerprint density at radius 1 is 1.29 bits per heavy atom. The number of hydrogen-bond acceptors (Lipinski definition) is 4. The lowest BCUT2D eigenvalue weighted by Crippen LogP contribution is -2.22. The quantitative estimate of drug-likeness (QED) is 0.678. The van der Waals surface area contributed by atoms with Crippen LogP contribution in [0.25, 0.3) is 5.65 Å². The van der Waals surface area contributed by atoms with Gasteiger partial charge in [-0.1, -0.05) is 47.1 Å². The average Bonchev–Trinajstić information content (AvgIpc) is 2.90. The lowest BCUT2D eigenvalue weighted by atomic mass is 10.2. The molecular formula is C16H14Cl2N4OS. The molecule has 0 unspecified atom stereocenters. The van der Waals surface area contributed by atoms with Gasteiger partial charge in [0.05, 0.1) is 15.3 Å². The minimum atomic E-state index is -0.365. The van der Waals surface area contributed by atoms with E-state index in [2.05, 4.69) is 15.5 Å². The molecule has 1 aromatic carbocycles. The van der Waals surface area contributed by atoms with Gasteiger partial charge in [-0.25, -0.2) is 0 Å². The normalized spacial score (nSPS) is 12.3. The molecule has 1 N–H and O–H groups in total. The van der Waals surface area contributed by atoms with E-state index in [1.165, 1.54) is 11.8 Å². The third-order valence-electron chi connectivity index (χ3n) is 3.33. The Balaban J connectivity index is 1.77. The van der Waals surface area contributed by atoms with E-state index >= 15 is 0 Å². The number of thioether (sulfide) groups is 1. The summed E-state index contributed by atoms with van der Waals surface area (Å²) < 4.78 is 1.69. The van der Waals surface area contributed by atoms with Crippen LogP contribution in [0.3, 0.4) is 0 Å². The van der Waals surface area contributed by atoms with Gasteiger partial charge in [0.1, 0.15) is 0 Å². The zero-order chi connectivity index (χ0) is 17.3. The van der Waals surface area contributed by atoms with Crippen LogP contribution in [0.1, 0.15) is 12.5 Å². The zero-order valence-corrected chi connectivity index (χ0v) is 15.3. The molecule has 2 aromatic heterocycles. The Labute approximate surface area is 153 Å². The summed E-state index contributed by atoms with van der Waals surface area (Å²) in [6.07, 6.45) is 1.68. The van der Waals surface area contributed by atoms with Gasteiger partial charge < -0.3 is 5.32 Å². The number of anilines is 1. The van der Waals surface area contributed by atoms with Gasteiger partial charge in [0.25, 0.3) is 0 Å². The largest absolute Gasteiger partial charge is 0.325 e. The smallest absolute Gasteiger partial charge is 0.237 e. The van der Waals surface area contributed by atoms with Gasteiger partial charge in [-0.15, -0.1) is 10.2 Å². The first-order valence-electron chi connectivity index (χ1n) is 7.18. The van der Waals surface area contributed by atoms with Crippen molar-refractivity contribution in [1.82, 2.24) is 14.6 Å². The van der Waals surface area contributed by atoms with Crippen LogP contribution in [-0.2, 0) is 4.79 Å². The van der Waals surface area contributed by atoms with Crippen molar-refractivity contribution in [3.63, 3.8) is 0 Å². The fourth-order valence-corrected chi connectivity index (χ4v) is 3.49. The molecule has 3 rings (SSSR count). The van der Waals surface area contributed by atoms with Gasteiger partial charge in [0.2, 0.25) is 5.91 Å². The predicted octanol–water partition coefficient (Wildman–Crippen LogP) is 4.46. The topological polar surface area (TPSA) is 59.3 Å². The van der Waals surface area contributed by atoms with Gasteiger partial charge in [0.15, 0.2) is 10.8 Å². The fourth-order valence-electron chi connectivity index (χ4n) is 2.16. The molecule has 0 saturated heterocycles. The minimum absolute atomic E-state index is 0.115. The first-order chi connectivity index (χ1) is 11.4. The first kappa shape index (κ1) is 17.1. The highest BCUT2D eigenvalue weighted by Crippen LogP contribution is 2.28. The number of nitrogens with one attached hydrogen (secondary N) is 1. The molecule has 24 heavy (non-hydrogen) atoms. The van der Waals surface area contributed by atoms with Gasteiger partial charge in [0, 0.05) is 11.9 Å². The van der Waals surface area contributed by atoms with Crippen LogP contribution in [0.5, 0.6) is 0 Å². The van der Waals surface area contributed by atoms with E-state index in [0.29, 0.717) is 20.8 Å². The number of fused-ring (bicyclic) bond motifs is 1. The van der Waals surface area contributed by atoms with Crippen molar-refractivity contribution in [3.8, 4) is 0 Å². The minimum Gasteiger partial charge on any atom is -0.325 e. The number of carbonyl (C=O) groups excluding carboxylic acids is 1. The van der Waals surface area contributed by atoms with E-state index in [1.54, 1.807) is 16.7 Å². The Morgan fingerprint density at radius 3 is 2.83 bits per heavy atom. The monoisotopic (exact) mass is 380 g/mol. The lowest BCUT2D eigenvalue weighted by molar-refractivity contribution is -0.115. The zero-order valence-electron chi connectivity index (χ0n) is 13.0. The van der Waals surface area contributed by atoms with Crippen LogP contribution in [0.15, 0.2) is 41.7 Å². The van der Waals surface area contributed by atoms with Gasteiger partial charge in [-0.05, 0) is 37.6 Å². The van der Waals surface area contributed by atoms with Crippen LogP contribution >= 0.6 is 35.0 Å². The third kappa shape index (κ3) is 3.66. The highest BCUT2D eigenvalue weighted by Gasteiger charge is 2.19. The third-order valence-corrected chi connectivity index (χ3v) is 4.87. The van der Waals surface area contributed by atoms with Crippen molar-refractivity contribution in [1.29, 1.82) is 0 Å². The second-order valence-electron chi connectivity index (χ2n) is 5.30. The molecule has 0 aliphatic heterocycles. The summed E-state index contributed by atoms with van der Waals surface area (Å²) in [6, 6.07) is 9.26. The van der Waals surface area contributed by atoms with Crippen molar-refractivity contribution < 1.29 is 4.79 Å². The number of halogens is 2. The maximum atomic E-state index is 12.4. The highest BCUT2D eigenvalue weighted by molar-refractivity contribution is 8.00. The summed E-state index contributed by atoms with van der Waals surface area (Å²) in [4.78, 5) is 12.4. The molecule has 0 spiro atoms. The average molecular weight is 381 g/mol. The molecule has 0 saturated carbocycles. The lowest BCUT2D eigenvalue weighted by Gasteiger charge is -2.11. The predicted molar refractivity (Wildman–Crippen MR) is 98.1 cm³/mol. The second kappa shape index (κ2) is 7.01. The molecule has 8 heteroatoms. The Hall–Kier alpha value is -1.76. The number of hydrogen-bond donors (Lipinski definition) is 1. The molecule has 2 heterocycles. The number of benzene rings is 1. The number of carbonyl (C=O) groups is 1. The number of amides is 1. The summed E-state index contributed by atoms with van der Waals surface area (Å²) >= 11 is 13.4. The van der Waals surface area contributed by atoms with Crippen molar-refractivity contribution in [3.05, 3.63) is 52.1 Å². The van der Waals surface area contributed by atoms with E-state index < -0.39 is 0 Å². The van der Waals surface area contributed by atoms with E-state index in [4.69, 9.17) is 23.2 Å². The summed E-state index contributed by atoms with van der Waals surface area (Å²) in [5, 5.41) is 12.1. The van der Waals surface area contributed by atoms with Crippen LogP contribution in [0.4, 0.5) is 5.69 Å². The molecular weight excluding hydrogens is 367 g/mol. The number of aryl methyl sites for hydroxylation is 1. The number of rotatable bonds is 4. The molecule has 0 aliphatic rings. The summed E-state index contributed by atoms with van der Waals surface area (Å²) in [5.41, 5.74) is 2.36. The summed E-state index contributed by atoms with van der Waals surface area (Å²) in [7, 11) is 0. The molecule has 124 valence electrons. The van der Waals surface area contributed by atoms with Gasteiger partial charge in [-0.2, -0.15) is 0 Å². The number of pyridine rings is 1. The maximum Gasteiger partial charge on any atom is 0.237 e. The molecule has 5 nitrogen and oxygen atoms in total. The Morgan fingerprint density at radius 2 is 2.08 bits per heavy atom. The van der Waals surface area contributed by atoms with Crippen LogP contribution in [0.2, 0.25) is 10.0 Å². The van der Waals surface area contributed by atoms with Crippen LogP contribution in [-0.4, -0.2) is 25.8 Å². The fraction of sp³-hybridized carbons (Fsp3) is 0.188. The van der Waals surface area contributed by atoms with E-state index in [0.717, 1.165) is 11.3 Å². The first-order valence-corrected chi connectivity index (χ1v) is 8.81. The Bertz CT molecular complexity index is 912. The summed E-state index contributed by atoms with van der Waals surface area (Å²) in [6.45, 7) is 3.78. The van der Waals surface area contributed by atoms with Crippen molar-refractivity contribution in [2.45, 2.75) is 24.3 Å². The SMILES string of the molecule is Cc1cccc(NC(=O)[C@@H](C)Sc2nnc3c(Cl)cc(Cl)cn23)c1. The standard InChI is InChI=1S/C16H14Cl2N4OS/c1-9-4-3-5-12(6-9)19-15(23)10(2)24-16-21-20-14-13(18)7-11(17)8-22(14)16/h3-8,10H,1-2H3,(H,19,23)/t10-/m1/s1. The molecule has 0 bridgehead atoms. The van der Waals surface area contributed by atoms with Crippen LogP contribution < -0.4 is 5.32 Å².